The fourth-order valence-electron chi connectivity index (χ4n) is 3.46. The highest BCUT2D eigenvalue weighted by molar-refractivity contribution is 6.08. The van der Waals surface area contributed by atoms with Crippen molar-refractivity contribution in [1.82, 2.24) is 19.8 Å². The van der Waals surface area contributed by atoms with Gasteiger partial charge in [0.25, 0.3) is 0 Å². The second-order valence-corrected chi connectivity index (χ2v) is 6.62. The van der Waals surface area contributed by atoms with Crippen molar-refractivity contribution >= 4 is 33.8 Å². The molecule has 0 saturated heterocycles. The summed E-state index contributed by atoms with van der Waals surface area (Å²) in [5.74, 6) is 6.30. The van der Waals surface area contributed by atoms with Crippen molar-refractivity contribution in [3.05, 3.63) is 42.0 Å². The molecule has 3 heterocycles. The summed E-state index contributed by atoms with van der Waals surface area (Å²) in [5, 5.41) is 19.0. The summed E-state index contributed by atoms with van der Waals surface area (Å²) >= 11 is 0. The number of halogens is 1. The number of hydrogen-bond donors (Lipinski definition) is 3. The number of pyridine rings is 1. The summed E-state index contributed by atoms with van der Waals surface area (Å²) < 4.78 is 17.2. The fraction of sp³-hybridized carbons (Fsp3) is 0.211. The number of benzene rings is 1. The number of nitrogens with one attached hydrogen (secondary N) is 2. The van der Waals surface area contributed by atoms with Gasteiger partial charge in [-0.1, -0.05) is 0 Å². The third-order valence-corrected chi connectivity index (χ3v) is 5.07. The molecular weight excluding hydrogens is 359 g/mol. The number of nitrogens with zero attached hydrogens (tertiary/aromatic N) is 5. The summed E-state index contributed by atoms with van der Waals surface area (Å²) in [6, 6.07) is 5.84. The van der Waals surface area contributed by atoms with Crippen LogP contribution >= 0.6 is 0 Å². The molecule has 0 saturated carbocycles. The normalized spacial score (nSPS) is 12.1. The average molecular weight is 380 g/mol. The third kappa shape index (κ3) is 2.55. The molecule has 8 nitrogen and oxygen atoms in total. The van der Waals surface area contributed by atoms with Crippen molar-refractivity contribution in [2.45, 2.75) is 13.8 Å². The van der Waals surface area contributed by atoms with Crippen LogP contribution in [0.4, 0.5) is 15.9 Å². The lowest BCUT2D eigenvalue weighted by Gasteiger charge is -2.22. The van der Waals surface area contributed by atoms with Crippen molar-refractivity contribution in [3.8, 4) is 11.1 Å². The summed E-state index contributed by atoms with van der Waals surface area (Å²) in [6.45, 7) is 3.49. The van der Waals surface area contributed by atoms with Crippen LogP contribution in [0.3, 0.4) is 0 Å². The largest absolute Gasteiger partial charge is 0.372 e. The van der Waals surface area contributed by atoms with Crippen molar-refractivity contribution in [1.29, 1.82) is 0 Å². The number of aromatic amines is 1. The van der Waals surface area contributed by atoms with Gasteiger partial charge in [-0.3, -0.25) is 5.10 Å². The van der Waals surface area contributed by atoms with Gasteiger partial charge in [-0.2, -0.15) is 15.3 Å². The van der Waals surface area contributed by atoms with Crippen molar-refractivity contribution in [3.63, 3.8) is 0 Å². The molecule has 0 spiro atoms. The predicted octanol–water partition coefficient (Wildman–Crippen LogP) is 3.10. The summed E-state index contributed by atoms with van der Waals surface area (Å²) in [7, 11) is 3.54. The Morgan fingerprint density at radius 2 is 2.18 bits per heavy atom. The van der Waals surface area contributed by atoms with Gasteiger partial charge in [0.15, 0.2) is 5.82 Å². The SMILES string of the molecule is CNc1cc2cc(-c3c(C)c(F)c(N(C)/C(C)=N/N)c4[nH]ncc34)ccn2n1. The number of anilines is 2. The molecule has 4 rings (SSSR count). The van der Waals surface area contributed by atoms with E-state index in [1.54, 1.807) is 36.5 Å². The fourth-order valence-corrected chi connectivity index (χ4v) is 3.46. The molecule has 4 aromatic rings. The molecule has 0 amide bonds. The van der Waals surface area contributed by atoms with Crippen LogP contribution in [0.2, 0.25) is 0 Å². The van der Waals surface area contributed by atoms with Crippen LogP contribution in [-0.2, 0) is 0 Å². The molecule has 9 heteroatoms. The Morgan fingerprint density at radius 1 is 1.39 bits per heavy atom. The van der Waals surface area contributed by atoms with Crippen LogP contribution in [-0.4, -0.2) is 39.7 Å². The van der Waals surface area contributed by atoms with E-state index >= 15 is 4.39 Å². The first-order chi connectivity index (χ1) is 13.5. The van der Waals surface area contributed by atoms with Crippen LogP contribution in [0.25, 0.3) is 27.5 Å². The number of amidine groups is 1. The maximum absolute atomic E-state index is 15.5. The van der Waals surface area contributed by atoms with Gasteiger partial charge in [0.2, 0.25) is 0 Å². The molecule has 0 radical (unpaired) electrons. The van der Waals surface area contributed by atoms with E-state index in [1.807, 2.05) is 31.4 Å². The van der Waals surface area contributed by atoms with Crippen molar-refractivity contribution in [2.75, 3.05) is 24.3 Å². The Labute approximate surface area is 160 Å². The van der Waals surface area contributed by atoms with Gasteiger partial charge in [0, 0.05) is 31.7 Å². The highest BCUT2D eigenvalue weighted by Gasteiger charge is 2.23. The monoisotopic (exact) mass is 380 g/mol. The number of hydrazone groups is 1. The molecule has 0 unspecified atom stereocenters. The van der Waals surface area contributed by atoms with Gasteiger partial charge in [-0.05, 0) is 42.7 Å². The Bertz CT molecular complexity index is 1220. The molecule has 0 aliphatic carbocycles. The minimum atomic E-state index is -0.346. The molecule has 1 aromatic carbocycles. The smallest absolute Gasteiger partial charge is 0.152 e. The number of rotatable bonds is 3. The third-order valence-electron chi connectivity index (χ3n) is 5.07. The minimum Gasteiger partial charge on any atom is -0.372 e. The van der Waals surface area contributed by atoms with Gasteiger partial charge in [0.05, 0.1) is 17.2 Å². The van der Waals surface area contributed by atoms with E-state index in [9.17, 15) is 0 Å². The number of aromatic nitrogens is 4. The molecule has 0 fully saturated rings. The van der Waals surface area contributed by atoms with E-state index in [4.69, 9.17) is 5.84 Å². The summed E-state index contributed by atoms with van der Waals surface area (Å²) in [5.41, 5.74) is 4.06. The molecule has 3 aromatic heterocycles. The van der Waals surface area contributed by atoms with Gasteiger partial charge in [-0.25, -0.2) is 8.91 Å². The van der Waals surface area contributed by atoms with Gasteiger partial charge in [-0.15, -0.1) is 0 Å². The van der Waals surface area contributed by atoms with Gasteiger partial charge in [0.1, 0.15) is 17.3 Å². The van der Waals surface area contributed by atoms with Crippen LogP contribution in [0.5, 0.6) is 0 Å². The van der Waals surface area contributed by atoms with E-state index in [0.29, 0.717) is 22.6 Å². The molecule has 144 valence electrons. The molecule has 0 aliphatic heterocycles. The molecular formula is C19H21FN8. The zero-order chi connectivity index (χ0) is 20.0. The molecule has 0 atom stereocenters. The second kappa shape index (κ2) is 6.52. The number of nitrogens with two attached hydrogens (primary N) is 1. The van der Waals surface area contributed by atoms with E-state index in [2.05, 4.69) is 25.7 Å². The van der Waals surface area contributed by atoms with Crippen LogP contribution < -0.4 is 16.1 Å². The first-order valence-corrected chi connectivity index (χ1v) is 8.77. The first-order valence-electron chi connectivity index (χ1n) is 8.77. The average Bonchev–Trinajstić information content (AvgIpc) is 3.34. The van der Waals surface area contributed by atoms with Crippen molar-refractivity contribution in [2.24, 2.45) is 10.9 Å². The number of hydrogen-bond acceptors (Lipinski definition) is 5. The van der Waals surface area contributed by atoms with E-state index in [0.717, 1.165) is 27.8 Å². The van der Waals surface area contributed by atoms with Crippen LogP contribution in [0.15, 0.2) is 35.7 Å². The molecule has 4 N–H and O–H groups in total. The summed E-state index contributed by atoms with van der Waals surface area (Å²) in [6.07, 6.45) is 3.57. The Hall–Kier alpha value is -3.62. The highest BCUT2D eigenvalue weighted by Crippen LogP contribution is 2.39. The second-order valence-electron chi connectivity index (χ2n) is 6.62. The Kier molecular flexibility index (Phi) is 4.14. The lowest BCUT2D eigenvalue weighted by molar-refractivity contribution is 0.621. The maximum atomic E-state index is 15.5. The van der Waals surface area contributed by atoms with Crippen LogP contribution in [0.1, 0.15) is 12.5 Å². The molecule has 0 aliphatic rings. The van der Waals surface area contributed by atoms with E-state index < -0.39 is 0 Å². The lowest BCUT2D eigenvalue weighted by atomic mass is 9.95. The van der Waals surface area contributed by atoms with Gasteiger partial charge >= 0.3 is 0 Å². The lowest BCUT2D eigenvalue weighted by Crippen LogP contribution is -2.26. The molecule has 28 heavy (non-hydrogen) atoms. The Morgan fingerprint density at radius 3 is 2.89 bits per heavy atom. The topological polar surface area (TPSA) is 99.6 Å². The number of fused-ring (bicyclic) bond motifs is 2. The van der Waals surface area contributed by atoms with E-state index in [-0.39, 0.29) is 5.82 Å². The zero-order valence-electron chi connectivity index (χ0n) is 16.1. The zero-order valence-corrected chi connectivity index (χ0v) is 16.1. The van der Waals surface area contributed by atoms with Crippen LogP contribution in [0, 0.1) is 12.7 Å². The molecule has 0 bridgehead atoms. The predicted molar refractivity (Wildman–Crippen MR) is 110 cm³/mol. The quantitative estimate of drug-likeness (QED) is 0.219. The van der Waals surface area contributed by atoms with Gasteiger partial charge < -0.3 is 16.1 Å². The van der Waals surface area contributed by atoms with Crippen molar-refractivity contribution < 1.29 is 4.39 Å². The minimum absolute atomic E-state index is 0.346. The van der Waals surface area contributed by atoms with E-state index in [1.165, 1.54) is 0 Å². The maximum Gasteiger partial charge on any atom is 0.152 e. The number of H-pyrrole nitrogens is 1. The Balaban J connectivity index is 1.99. The standard InChI is InChI=1S/C19H21FN8/c1-10-16(12-5-6-28-13(7-12)8-15(22-3)26-28)14-9-23-25-18(14)19(17(10)20)27(4)11(2)24-21/h5-9H,21H2,1-4H3,(H,22,26)(H,23,25)/b24-11+. The first kappa shape index (κ1) is 17.8. The summed E-state index contributed by atoms with van der Waals surface area (Å²) in [4.78, 5) is 1.62. The highest BCUT2D eigenvalue weighted by atomic mass is 19.1.